The smallest absolute Gasteiger partial charge is 0.0640 e. The fourth-order valence-electron chi connectivity index (χ4n) is 1.89. The van der Waals surface area contributed by atoms with Crippen LogP contribution >= 0.6 is 0 Å². The lowest BCUT2D eigenvalue weighted by molar-refractivity contribution is 0.414. The van der Waals surface area contributed by atoms with Gasteiger partial charge in [0.05, 0.1) is 5.69 Å². The van der Waals surface area contributed by atoms with Gasteiger partial charge in [0.2, 0.25) is 0 Å². The first-order chi connectivity index (χ1) is 7.54. The minimum absolute atomic E-state index is 0.232. The second-order valence-electron chi connectivity index (χ2n) is 5.01. The van der Waals surface area contributed by atoms with Crippen LogP contribution in [0, 0.1) is 5.92 Å². The Bertz CT molecular complexity index is 304. The third kappa shape index (κ3) is 3.63. The summed E-state index contributed by atoms with van der Waals surface area (Å²) in [5.41, 5.74) is 7.29. The van der Waals surface area contributed by atoms with Crippen molar-refractivity contribution in [3.63, 3.8) is 0 Å². The van der Waals surface area contributed by atoms with Gasteiger partial charge in [-0.15, -0.1) is 0 Å². The van der Waals surface area contributed by atoms with E-state index in [1.54, 1.807) is 0 Å². The monoisotopic (exact) mass is 223 g/mol. The zero-order valence-electron chi connectivity index (χ0n) is 11.0. The molecule has 1 aromatic heterocycles. The lowest BCUT2D eigenvalue weighted by Gasteiger charge is -2.18. The van der Waals surface area contributed by atoms with Crippen LogP contribution in [0.25, 0.3) is 0 Å². The highest BCUT2D eigenvalue weighted by Gasteiger charge is 2.14. The molecule has 0 fully saturated rings. The van der Waals surface area contributed by atoms with E-state index in [0.29, 0.717) is 12.0 Å². The third-order valence-corrected chi connectivity index (χ3v) is 3.11. The molecular weight excluding hydrogens is 198 g/mol. The van der Waals surface area contributed by atoms with Crippen LogP contribution in [0.3, 0.4) is 0 Å². The standard InChI is InChI=1S/C13H25N3/c1-5-6-11(4)13(14)9-12-7-8-16(15-12)10(2)3/h7-8,10-11,13H,5-6,9,14H2,1-4H3. The summed E-state index contributed by atoms with van der Waals surface area (Å²) < 4.78 is 1.99. The fraction of sp³-hybridized carbons (Fsp3) is 0.769. The summed E-state index contributed by atoms with van der Waals surface area (Å²) >= 11 is 0. The van der Waals surface area contributed by atoms with Gasteiger partial charge in [-0.05, 0) is 32.3 Å². The highest BCUT2D eigenvalue weighted by molar-refractivity contribution is 5.02. The SMILES string of the molecule is CCCC(C)C(N)Cc1ccn(C(C)C)n1. The van der Waals surface area contributed by atoms with Crippen LogP contribution in [0.4, 0.5) is 0 Å². The molecular formula is C13H25N3. The van der Waals surface area contributed by atoms with Crippen LogP contribution < -0.4 is 5.73 Å². The zero-order chi connectivity index (χ0) is 12.1. The maximum atomic E-state index is 6.17. The summed E-state index contributed by atoms with van der Waals surface area (Å²) in [6, 6.07) is 2.74. The molecule has 0 aliphatic heterocycles. The maximum absolute atomic E-state index is 6.17. The third-order valence-electron chi connectivity index (χ3n) is 3.11. The highest BCUT2D eigenvalue weighted by atomic mass is 15.3. The molecule has 0 aromatic carbocycles. The van der Waals surface area contributed by atoms with E-state index in [-0.39, 0.29) is 6.04 Å². The van der Waals surface area contributed by atoms with Crippen molar-refractivity contribution in [3.8, 4) is 0 Å². The van der Waals surface area contributed by atoms with E-state index in [1.165, 1.54) is 12.8 Å². The van der Waals surface area contributed by atoms with Gasteiger partial charge in [0.25, 0.3) is 0 Å². The molecule has 0 radical (unpaired) electrons. The molecule has 2 atom stereocenters. The fourth-order valence-corrected chi connectivity index (χ4v) is 1.89. The van der Waals surface area contributed by atoms with Gasteiger partial charge in [0.15, 0.2) is 0 Å². The molecule has 16 heavy (non-hydrogen) atoms. The summed E-state index contributed by atoms with van der Waals surface area (Å²) in [5, 5.41) is 4.53. The molecule has 2 N–H and O–H groups in total. The van der Waals surface area contributed by atoms with Crippen LogP contribution in [0.1, 0.15) is 52.3 Å². The molecule has 0 aliphatic rings. The molecule has 3 heteroatoms. The largest absolute Gasteiger partial charge is 0.327 e. The second kappa shape index (κ2) is 6.04. The summed E-state index contributed by atoms with van der Waals surface area (Å²) in [6.07, 6.45) is 5.33. The van der Waals surface area contributed by atoms with Crippen molar-refractivity contribution in [1.29, 1.82) is 0 Å². The zero-order valence-corrected chi connectivity index (χ0v) is 11.0. The van der Waals surface area contributed by atoms with E-state index in [4.69, 9.17) is 5.73 Å². The van der Waals surface area contributed by atoms with Crippen molar-refractivity contribution in [2.24, 2.45) is 11.7 Å². The van der Waals surface area contributed by atoms with Gasteiger partial charge in [0.1, 0.15) is 0 Å². The Hall–Kier alpha value is -0.830. The predicted molar refractivity (Wildman–Crippen MR) is 68.4 cm³/mol. The number of aromatic nitrogens is 2. The van der Waals surface area contributed by atoms with Crippen molar-refractivity contribution in [1.82, 2.24) is 9.78 Å². The highest BCUT2D eigenvalue weighted by Crippen LogP contribution is 2.13. The van der Waals surface area contributed by atoms with Crippen molar-refractivity contribution in [2.45, 2.75) is 59.0 Å². The summed E-state index contributed by atoms with van der Waals surface area (Å²) in [5.74, 6) is 0.578. The summed E-state index contributed by atoms with van der Waals surface area (Å²) in [6.45, 7) is 8.71. The Morgan fingerprint density at radius 1 is 1.38 bits per heavy atom. The second-order valence-corrected chi connectivity index (χ2v) is 5.01. The Kier molecular flexibility index (Phi) is 5.00. The maximum Gasteiger partial charge on any atom is 0.0640 e. The number of nitrogens with two attached hydrogens (primary N) is 1. The number of hydrogen-bond acceptors (Lipinski definition) is 2. The minimum Gasteiger partial charge on any atom is -0.327 e. The van der Waals surface area contributed by atoms with Gasteiger partial charge in [-0.2, -0.15) is 5.10 Å². The van der Waals surface area contributed by atoms with Crippen LogP contribution in [0.15, 0.2) is 12.3 Å². The van der Waals surface area contributed by atoms with Gasteiger partial charge in [-0.25, -0.2) is 0 Å². The quantitative estimate of drug-likeness (QED) is 0.806. The van der Waals surface area contributed by atoms with Crippen LogP contribution in [0.2, 0.25) is 0 Å². The average molecular weight is 223 g/mol. The van der Waals surface area contributed by atoms with Crippen molar-refractivity contribution >= 4 is 0 Å². The first-order valence-electron chi connectivity index (χ1n) is 6.34. The molecule has 0 bridgehead atoms. The average Bonchev–Trinajstić information content (AvgIpc) is 2.66. The van der Waals surface area contributed by atoms with Crippen molar-refractivity contribution in [3.05, 3.63) is 18.0 Å². The molecule has 0 amide bonds. The van der Waals surface area contributed by atoms with Crippen molar-refractivity contribution < 1.29 is 0 Å². The molecule has 2 unspecified atom stereocenters. The normalized spacial score (nSPS) is 15.4. The Morgan fingerprint density at radius 3 is 2.56 bits per heavy atom. The Morgan fingerprint density at radius 2 is 2.06 bits per heavy atom. The summed E-state index contributed by atoms with van der Waals surface area (Å²) in [7, 11) is 0. The molecule has 1 rings (SSSR count). The van der Waals surface area contributed by atoms with Gasteiger partial charge in [0, 0.05) is 24.7 Å². The van der Waals surface area contributed by atoms with E-state index >= 15 is 0 Å². The molecule has 92 valence electrons. The Balaban J connectivity index is 2.52. The predicted octanol–water partition coefficient (Wildman–Crippen LogP) is 2.77. The van der Waals surface area contributed by atoms with Gasteiger partial charge < -0.3 is 5.73 Å². The first-order valence-corrected chi connectivity index (χ1v) is 6.34. The van der Waals surface area contributed by atoms with E-state index in [9.17, 15) is 0 Å². The Labute approximate surface area is 99.0 Å². The first kappa shape index (κ1) is 13.2. The van der Waals surface area contributed by atoms with Crippen LogP contribution in [0.5, 0.6) is 0 Å². The molecule has 0 saturated heterocycles. The molecule has 1 aromatic rings. The van der Waals surface area contributed by atoms with Crippen LogP contribution in [-0.4, -0.2) is 15.8 Å². The summed E-state index contributed by atoms with van der Waals surface area (Å²) in [4.78, 5) is 0. The lowest BCUT2D eigenvalue weighted by atomic mass is 9.94. The molecule has 0 aliphatic carbocycles. The van der Waals surface area contributed by atoms with Crippen LogP contribution in [-0.2, 0) is 6.42 Å². The molecule has 0 saturated carbocycles. The van der Waals surface area contributed by atoms with Crippen molar-refractivity contribution in [2.75, 3.05) is 0 Å². The van der Waals surface area contributed by atoms with Gasteiger partial charge in [-0.1, -0.05) is 20.3 Å². The number of hydrogen-bond donors (Lipinski definition) is 1. The van der Waals surface area contributed by atoms with Gasteiger partial charge >= 0.3 is 0 Å². The van der Waals surface area contributed by atoms with E-state index in [0.717, 1.165) is 12.1 Å². The lowest BCUT2D eigenvalue weighted by Crippen LogP contribution is -2.30. The van der Waals surface area contributed by atoms with E-state index < -0.39 is 0 Å². The van der Waals surface area contributed by atoms with Gasteiger partial charge in [-0.3, -0.25) is 4.68 Å². The minimum atomic E-state index is 0.232. The number of nitrogens with zero attached hydrogens (tertiary/aromatic N) is 2. The van der Waals surface area contributed by atoms with E-state index in [2.05, 4.69) is 38.9 Å². The molecule has 1 heterocycles. The topological polar surface area (TPSA) is 43.8 Å². The number of rotatable bonds is 6. The molecule has 0 spiro atoms. The molecule has 3 nitrogen and oxygen atoms in total. The van der Waals surface area contributed by atoms with E-state index in [1.807, 2.05) is 10.9 Å².